The number of benzene rings is 1. The van der Waals surface area contributed by atoms with Gasteiger partial charge in [0.1, 0.15) is 0 Å². The molecule has 2 saturated heterocycles. The lowest BCUT2D eigenvalue weighted by Gasteiger charge is -2.22. The Morgan fingerprint density at radius 2 is 2.05 bits per heavy atom. The molecule has 3 rings (SSSR count). The fraction of sp³-hybridized carbons (Fsp3) is 0.533. The number of hydrogen-bond acceptors (Lipinski definition) is 2. The second-order valence-corrected chi connectivity index (χ2v) is 6.44. The highest BCUT2D eigenvalue weighted by Gasteiger charge is 2.43. The Bertz CT molecular complexity index is 597. The van der Waals surface area contributed by atoms with Crippen molar-refractivity contribution in [2.75, 3.05) is 26.3 Å². The Morgan fingerprint density at radius 1 is 1.27 bits per heavy atom. The highest BCUT2D eigenvalue weighted by Crippen LogP contribution is 2.39. The van der Waals surface area contributed by atoms with E-state index in [4.69, 9.17) is 16.3 Å². The summed E-state index contributed by atoms with van der Waals surface area (Å²) in [5.74, 6) is -0.406. The summed E-state index contributed by atoms with van der Waals surface area (Å²) in [7, 11) is 0. The molecular weight excluding hydrogens is 319 g/mol. The standard InChI is InChI=1S/C15H15ClF3NO2/c16-12-6-10(5-11(7-12)15(17,18)19)13(21)20-3-1-14(8-20)2-4-22-9-14/h5-7H,1-4,8-9H2. The maximum Gasteiger partial charge on any atom is 0.416 e. The molecule has 1 atom stereocenters. The van der Waals surface area contributed by atoms with Crippen LogP contribution in [-0.2, 0) is 10.9 Å². The summed E-state index contributed by atoms with van der Waals surface area (Å²) >= 11 is 5.74. The second-order valence-electron chi connectivity index (χ2n) is 6.01. The first-order valence-electron chi connectivity index (χ1n) is 7.04. The molecule has 1 unspecified atom stereocenters. The van der Waals surface area contributed by atoms with Gasteiger partial charge in [0.25, 0.3) is 5.91 Å². The molecule has 0 aliphatic carbocycles. The molecule has 1 amide bonds. The van der Waals surface area contributed by atoms with Crippen LogP contribution in [0.2, 0.25) is 5.02 Å². The smallest absolute Gasteiger partial charge is 0.381 e. The Balaban J connectivity index is 1.82. The third-order valence-electron chi connectivity index (χ3n) is 4.38. The average molecular weight is 334 g/mol. The molecule has 1 aromatic carbocycles. The maximum atomic E-state index is 12.8. The van der Waals surface area contributed by atoms with E-state index < -0.39 is 17.6 Å². The lowest BCUT2D eigenvalue weighted by atomic mass is 9.87. The van der Waals surface area contributed by atoms with Gasteiger partial charge in [-0.1, -0.05) is 11.6 Å². The molecular formula is C15H15ClF3NO2. The van der Waals surface area contributed by atoms with Crippen molar-refractivity contribution in [3.05, 3.63) is 34.3 Å². The quantitative estimate of drug-likeness (QED) is 0.785. The van der Waals surface area contributed by atoms with E-state index in [1.54, 1.807) is 4.90 Å². The Kier molecular flexibility index (Phi) is 3.85. The van der Waals surface area contributed by atoms with E-state index in [1.807, 2.05) is 0 Å². The zero-order valence-electron chi connectivity index (χ0n) is 11.8. The van der Waals surface area contributed by atoms with Crippen molar-refractivity contribution in [1.29, 1.82) is 0 Å². The van der Waals surface area contributed by atoms with Crippen LogP contribution in [0.15, 0.2) is 18.2 Å². The van der Waals surface area contributed by atoms with Gasteiger partial charge in [0, 0.05) is 35.7 Å². The normalized spacial score (nSPS) is 25.2. The molecule has 2 heterocycles. The van der Waals surface area contributed by atoms with Crippen molar-refractivity contribution in [1.82, 2.24) is 4.90 Å². The average Bonchev–Trinajstić information content (AvgIpc) is 3.07. The van der Waals surface area contributed by atoms with Crippen LogP contribution in [0.5, 0.6) is 0 Å². The Hall–Kier alpha value is -1.27. The SMILES string of the molecule is O=C(c1cc(Cl)cc(C(F)(F)F)c1)N1CCC2(CCOC2)C1. The molecule has 120 valence electrons. The van der Waals surface area contributed by atoms with Crippen LogP contribution in [0.25, 0.3) is 0 Å². The summed E-state index contributed by atoms with van der Waals surface area (Å²) < 4.78 is 43.9. The monoisotopic (exact) mass is 333 g/mol. The molecule has 0 bridgehead atoms. The predicted molar refractivity (Wildman–Crippen MR) is 74.8 cm³/mol. The van der Waals surface area contributed by atoms with Gasteiger partial charge in [0.05, 0.1) is 12.2 Å². The number of nitrogens with zero attached hydrogens (tertiary/aromatic N) is 1. The molecule has 2 fully saturated rings. The van der Waals surface area contributed by atoms with Crippen LogP contribution in [0, 0.1) is 5.41 Å². The van der Waals surface area contributed by atoms with E-state index in [1.165, 1.54) is 6.07 Å². The molecule has 1 aromatic rings. The molecule has 3 nitrogen and oxygen atoms in total. The topological polar surface area (TPSA) is 29.5 Å². The highest BCUT2D eigenvalue weighted by atomic mass is 35.5. The lowest BCUT2D eigenvalue weighted by Crippen LogP contribution is -2.32. The molecule has 7 heteroatoms. The third-order valence-corrected chi connectivity index (χ3v) is 4.60. The van der Waals surface area contributed by atoms with E-state index in [9.17, 15) is 18.0 Å². The molecule has 22 heavy (non-hydrogen) atoms. The van der Waals surface area contributed by atoms with E-state index in [0.29, 0.717) is 26.3 Å². The van der Waals surface area contributed by atoms with Crippen LogP contribution in [0.1, 0.15) is 28.8 Å². The Labute approximate surface area is 131 Å². The van der Waals surface area contributed by atoms with Gasteiger partial charge in [0.15, 0.2) is 0 Å². The van der Waals surface area contributed by atoms with Crippen molar-refractivity contribution in [3.63, 3.8) is 0 Å². The number of likely N-dealkylation sites (tertiary alicyclic amines) is 1. The first kappa shape index (κ1) is 15.6. The van der Waals surface area contributed by atoms with Gasteiger partial charge in [-0.05, 0) is 31.0 Å². The van der Waals surface area contributed by atoms with Gasteiger partial charge in [-0.2, -0.15) is 13.2 Å². The summed E-state index contributed by atoms with van der Waals surface area (Å²) in [6.45, 7) is 2.35. The largest absolute Gasteiger partial charge is 0.416 e. The van der Waals surface area contributed by atoms with Gasteiger partial charge < -0.3 is 9.64 Å². The fourth-order valence-corrected chi connectivity index (χ4v) is 3.37. The zero-order chi connectivity index (χ0) is 16.0. The van der Waals surface area contributed by atoms with Crippen molar-refractivity contribution < 1.29 is 22.7 Å². The molecule has 0 aromatic heterocycles. The maximum absolute atomic E-state index is 12.8. The first-order valence-corrected chi connectivity index (χ1v) is 7.42. The van der Waals surface area contributed by atoms with Crippen LogP contribution < -0.4 is 0 Å². The zero-order valence-corrected chi connectivity index (χ0v) is 12.5. The number of carbonyl (C=O) groups is 1. The fourth-order valence-electron chi connectivity index (χ4n) is 3.14. The number of rotatable bonds is 1. The number of hydrogen-bond donors (Lipinski definition) is 0. The van der Waals surface area contributed by atoms with Crippen molar-refractivity contribution in [3.8, 4) is 0 Å². The van der Waals surface area contributed by atoms with Crippen LogP contribution >= 0.6 is 11.6 Å². The number of ether oxygens (including phenoxy) is 1. The molecule has 2 aliphatic heterocycles. The summed E-state index contributed by atoms with van der Waals surface area (Å²) in [5, 5.41) is -0.0868. The minimum Gasteiger partial charge on any atom is -0.381 e. The molecule has 1 spiro atoms. The number of alkyl halides is 3. The second kappa shape index (κ2) is 5.42. The van der Waals surface area contributed by atoms with Crippen molar-refractivity contribution in [2.24, 2.45) is 5.41 Å². The summed E-state index contributed by atoms with van der Waals surface area (Å²) in [5.41, 5.74) is -0.946. The predicted octanol–water partition coefficient (Wildman–Crippen LogP) is 3.61. The van der Waals surface area contributed by atoms with E-state index in [-0.39, 0.29) is 16.0 Å². The number of carbonyl (C=O) groups excluding carboxylic acids is 1. The summed E-state index contributed by atoms with van der Waals surface area (Å²) in [4.78, 5) is 14.1. The van der Waals surface area contributed by atoms with Crippen LogP contribution in [0.3, 0.4) is 0 Å². The van der Waals surface area contributed by atoms with Gasteiger partial charge in [0.2, 0.25) is 0 Å². The van der Waals surface area contributed by atoms with E-state index in [2.05, 4.69) is 0 Å². The lowest BCUT2D eigenvalue weighted by molar-refractivity contribution is -0.137. The van der Waals surface area contributed by atoms with E-state index >= 15 is 0 Å². The first-order chi connectivity index (χ1) is 10.3. The molecule has 0 saturated carbocycles. The van der Waals surface area contributed by atoms with Gasteiger partial charge >= 0.3 is 6.18 Å². The summed E-state index contributed by atoms with van der Waals surface area (Å²) in [6.07, 6.45) is -2.81. The molecule has 0 N–H and O–H groups in total. The molecule has 2 aliphatic rings. The highest BCUT2D eigenvalue weighted by molar-refractivity contribution is 6.31. The minimum absolute atomic E-state index is 0.0178. The minimum atomic E-state index is -4.52. The Morgan fingerprint density at radius 3 is 2.68 bits per heavy atom. The van der Waals surface area contributed by atoms with E-state index in [0.717, 1.165) is 25.0 Å². The van der Waals surface area contributed by atoms with Crippen molar-refractivity contribution >= 4 is 17.5 Å². The van der Waals surface area contributed by atoms with Crippen molar-refractivity contribution in [2.45, 2.75) is 19.0 Å². The van der Waals surface area contributed by atoms with Gasteiger partial charge in [-0.3, -0.25) is 4.79 Å². The van der Waals surface area contributed by atoms with Crippen LogP contribution in [0.4, 0.5) is 13.2 Å². The summed E-state index contributed by atoms with van der Waals surface area (Å²) in [6, 6.07) is 2.98. The number of amides is 1. The van der Waals surface area contributed by atoms with Gasteiger partial charge in [-0.15, -0.1) is 0 Å². The number of halogens is 4. The van der Waals surface area contributed by atoms with Gasteiger partial charge in [-0.25, -0.2) is 0 Å². The third kappa shape index (κ3) is 2.94. The van der Waals surface area contributed by atoms with Crippen LogP contribution in [-0.4, -0.2) is 37.1 Å². The molecule has 0 radical (unpaired) electrons.